The highest BCUT2D eigenvalue weighted by Crippen LogP contribution is 2.41. The Bertz CT molecular complexity index is 764. The van der Waals surface area contributed by atoms with Crippen LogP contribution in [-0.4, -0.2) is 67.9 Å². The van der Waals surface area contributed by atoms with Crippen molar-refractivity contribution >= 4 is 11.8 Å². The summed E-state index contributed by atoms with van der Waals surface area (Å²) in [6, 6.07) is 10.2. The van der Waals surface area contributed by atoms with Crippen LogP contribution in [0.5, 0.6) is 0 Å². The molecule has 2 atom stereocenters. The van der Waals surface area contributed by atoms with E-state index in [1.54, 1.807) is 0 Å². The Hall–Kier alpha value is -2.32. The Morgan fingerprint density at radius 1 is 1.00 bits per heavy atom. The topological polar surface area (TPSA) is 88.1 Å². The third-order valence-corrected chi connectivity index (χ3v) is 5.56. The van der Waals surface area contributed by atoms with Crippen molar-refractivity contribution in [2.45, 2.75) is 13.0 Å². The number of nitrogens with zero attached hydrogens (tertiary/aromatic N) is 1. The molecular formula is C23H30N2O5. The third kappa shape index (κ3) is 5.64. The zero-order chi connectivity index (χ0) is 21.2. The molecule has 2 N–H and O–H groups in total. The summed E-state index contributed by atoms with van der Waals surface area (Å²) in [5.74, 6) is -0.870. The highest BCUT2D eigenvalue weighted by atomic mass is 16.5. The van der Waals surface area contributed by atoms with E-state index in [0.717, 1.165) is 6.54 Å². The minimum atomic E-state index is -0.806. The van der Waals surface area contributed by atoms with Crippen molar-refractivity contribution in [3.63, 3.8) is 0 Å². The molecule has 0 bridgehead atoms. The number of hydrogen-bond acceptors (Lipinski definition) is 6. The number of carbonyl (C=O) groups excluding carboxylic acids is 2. The van der Waals surface area contributed by atoms with Crippen LogP contribution in [0.3, 0.4) is 0 Å². The van der Waals surface area contributed by atoms with Gasteiger partial charge in [-0.3, -0.25) is 19.8 Å². The van der Waals surface area contributed by atoms with Crippen LogP contribution in [0.1, 0.15) is 12.0 Å². The van der Waals surface area contributed by atoms with Gasteiger partial charge in [-0.25, -0.2) is 0 Å². The molecule has 0 saturated carbocycles. The zero-order valence-corrected chi connectivity index (χ0v) is 17.2. The number of amides is 2. The van der Waals surface area contributed by atoms with E-state index in [4.69, 9.17) is 14.6 Å². The van der Waals surface area contributed by atoms with Crippen LogP contribution in [0.4, 0.5) is 0 Å². The first-order valence-corrected chi connectivity index (χ1v) is 10.4. The van der Waals surface area contributed by atoms with Gasteiger partial charge in [0.25, 0.3) is 0 Å². The Morgan fingerprint density at radius 3 is 2.53 bits per heavy atom. The molecule has 2 amide bonds. The predicted molar refractivity (Wildman–Crippen MR) is 112 cm³/mol. The third-order valence-electron chi connectivity index (χ3n) is 5.56. The quantitative estimate of drug-likeness (QED) is 0.374. The van der Waals surface area contributed by atoms with Crippen LogP contribution in [-0.2, 0) is 25.6 Å². The van der Waals surface area contributed by atoms with Crippen LogP contribution in [0.15, 0.2) is 54.6 Å². The van der Waals surface area contributed by atoms with Crippen molar-refractivity contribution in [1.29, 1.82) is 0 Å². The number of aliphatic hydroxyl groups excluding tert-OH is 1. The first-order chi connectivity index (χ1) is 14.7. The number of fused-ring (bicyclic) bond motifs is 1. The number of aliphatic hydroxyl groups is 1. The maximum Gasteiger partial charge on any atom is 0.237 e. The molecule has 7 heteroatoms. The Labute approximate surface area is 177 Å². The highest BCUT2D eigenvalue weighted by molar-refractivity contribution is 6.09. The van der Waals surface area contributed by atoms with E-state index in [2.05, 4.69) is 22.3 Å². The molecule has 1 saturated heterocycles. The fourth-order valence-corrected chi connectivity index (χ4v) is 3.91. The molecule has 1 heterocycles. The number of imide groups is 1. The van der Waals surface area contributed by atoms with Crippen LogP contribution in [0, 0.1) is 11.3 Å². The largest absolute Gasteiger partial charge is 0.394 e. The van der Waals surface area contributed by atoms with Gasteiger partial charge in [-0.2, -0.15) is 0 Å². The molecule has 1 aromatic rings. The van der Waals surface area contributed by atoms with Gasteiger partial charge in [0.1, 0.15) is 0 Å². The molecule has 3 rings (SSSR count). The normalized spacial score (nSPS) is 22.5. The lowest BCUT2D eigenvalue weighted by molar-refractivity contribution is -0.127. The van der Waals surface area contributed by atoms with Crippen LogP contribution in [0.25, 0.3) is 0 Å². The van der Waals surface area contributed by atoms with Crippen molar-refractivity contribution < 1.29 is 24.2 Å². The summed E-state index contributed by atoms with van der Waals surface area (Å²) in [6.45, 7) is 3.87. The molecule has 1 aliphatic carbocycles. The van der Waals surface area contributed by atoms with Crippen LogP contribution >= 0.6 is 0 Å². The predicted octanol–water partition coefficient (Wildman–Crippen LogP) is 1.29. The summed E-state index contributed by atoms with van der Waals surface area (Å²) in [7, 11) is 0. The number of nitrogens with one attached hydrogen (secondary N) is 1. The van der Waals surface area contributed by atoms with Gasteiger partial charge in [0, 0.05) is 13.1 Å². The minimum absolute atomic E-state index is 0.00725. The van der Waals surface area contributed by atoms with Gasteiger partial charge < -0.3 is 14.6 Å². The lowest BCUT2D eigenvalue weighted by Gasteiger charge is -2.31. The van der Waals surface area contributed by atoms with Gasteiger partial charge in [-0.15, -0.1) is 0 Å². The monoisotopic (exact) mass is 414 g/mol. The molecule has 0 aromatic heterocycles. The second-order valence-electron chi connectivity index (χ2n) is 7.54. The summed E-state index contributed by atoms with van der Waals surface area (Å²) >= 11 is 0. The first-order valence-electron chi connectivity index (χ1n) is 10.4. The van der Waals surface area contributed by atoms with Crippen LogP contribution in [0.2, 0.25) is 0 Å². The first kappa shape index (κ1) is 22.4. The van der Waals surface area contributed by atoms with Crippen molar-refractivity contribution in [3.05, 3.63) is 60.2 Å². The van der Waals surface area contributed by atoms with E-state index in [-0.39, 0.29) is 18.4 Å². The van der Waals surface area contributed by atoms with Crippen molar-refractivity contribution in [3.8, 4) is 0 Å². The molecule has 7 nitrogen and oxygen atoms in total. The van der Waals surface area contributed by atoms with E-state index in [1.807, 2.05) is 42.5 Å². The molecule has 0 spiro atoms. The second-order valence-corrected chi connectivity index (χ2v) is 7.54. The van der Waals surface area contributed by atoms with Gasteiger partial charge in [0.15, 0.2) is 0 Å². The highest BCUT2D eigenvalue weighted by Gasteiger charge is 2.52. The summed E-state index contributed by atoms with van der Waals surface area (Å²) in [5, 5.41) is 11.2. The van der Waals surface area contributed by atoms with Gasteiger partial charge in [0.2, 0.25) is 11.8 Å². The fraction of sp³-hybridized carbons (Fsp3) is 0.478. The zero-order valence-electron chi connectivity index (χ0n) is 17.2. The fourth-order valence-electron chi connectivity index (χ4n) is 3.91. The van der Waals surface area contributed by atoms with E-state index in [1.165, 1.54) is 5.56 Å². The second kappa shape index (κ2) is 11.2. The molecular weight excluding hydrogens is 384 g/mol. The lowest BCUT2D eigenvalue weighted by atomic mass is 9.72. The number of carbonyl (C=O) groups is 2. The molecule has 1 fully saturated rings. The molecule has 30 heavy (non-hydrogen) atoms. The average Bonchev–Trinajstić information content (AvgIpc) is 3.02. The molecule has 162 valence electrons. The van der Waals surface area contributed by atoms with E-state index in [9.17, 15) is 9.59 Å². The number of allylic oxidation sites excluding steroid dienone is 2. The Balaban J connectivity index is 1.58. The maximum absolute atomic E-state index is 12.6. The summed E-state index contributed by atoms with van der Waals surface area (Å²) in [5.41, 5.74) is 0.378. The van der Waals surface area contributed by atoms with Gasteiger partial charge in [0.05, 0.1) is 44.4 Å². The standard InChI is InChI=1S/C23H30N2O5/c26-13-15-30-17-16-29-14-12-25(18-19-6-2-1-3-7-19)11-10-23-9-5-4-8-20(23)21(27)24-22(23)28/h1-9,20,26H,10-18H2,(H,24,27,28). The average molecular weight is 415 g/mol. The van der Waals surface area contributed by atoms with Crippen molar-refractivity contribution in [1.82, 2.24) is 10.2 Å². The van der Waals surface area contributed by atoms with Gasteiger partial charge in [-0.1, -0.05) is 54.6 Å². The summed E-state index contributed by atoms with van der Waals surface area (Å²) in [6.07, 6.45) is 7.93. The van der Waals surface area contributed by atoms with Gasteiger partial charge in [-0.05, 0) is 18.5 Å². The van der Waals surface area contributed by atoms with Crippen molar-refractivity contribution in [2.75, 3.05) is 46.1 Å². The maximum atomic E-state index is 12.6. The number of benzene rings is 1. The lowest BCUT2D eigenvalue weighted by Crippen LogP contribution is -2.38. The van der Waals surface area contributed by atoms with E-state index >= 15 is 0 Å². The summed E-state index contributed by atoms with van der Waals surface area (Å²) < 4.78 is 10.9. The number of ether oxygens (including phenoxy) is 2. The van der Waals surface area contributed by atoms with Gasteiger partial charge >= 0.3 is 0 Å². The number of hydrogen-bond donors (Lipinski definition) is 2. The van der Waals surface area contributed by atoms with Crippen molar-refractivity contribution in [2.24, 2.45) is 11.3 Å². The molecule has 0 radical (unpaired) electrons. The van der Waals surface area contributed by atoms with Crippen LogP contribution < -0.4 is 5.32 Å². The van der Waals surface area contributed by atoms with E-state index < -0.39 is 11.3 Å². The van der Waals surface area contributed by atoms with E-state index in [0.29, 0.717) is 45.9 Å². The number of rotatable bonds is 13. The molecule has 2 aliphatic rings. The smallest absolute Gasteiger partial charge is 0.237 e. The molecule has 1 aromatic carbocycles. The molecule has 1 aliphatic heterocycles. The summed E-state index contributed by atoms with van der Waals surface area (Å²) in [4.78, 5) is 27.1. The SMILES string of the molecule is O=C1NC(=O)C2(CCN(CCOCCOCCO)Cc3ccccc3)C=CC=CC12. The molecule has 2 unspecified atom stereocenters. The minimum Gasteiger partial charge on any atom is -0.394 e. The Morgan fingerprint density at radius 2 is 1.77 bits per heavy atom. The Kier molecular flexibility index (Phi) is 8.33.